The van der Waals surface area contributed by atoms with Gasteiger partial charge in [0.1, 0.15) is 0 Å². The summed E-state index contributed by atoms with van der Waals surface area (Å²) in [5.74, 6) is -11.6. The van der Waals surface area contributed by atoms with E-state index >= 15 is 0 Å². The molecule has 0 spiro atoms. The molecule has 0 saturated heterocycles. The number of methoxy groups -OCH3 is 2. The summed E-state index contributed by atoms with van der Waals surface area (Å²) in [4.78, 5) is 21.6. The highest BCUT2D eigenvalue weighted by molar-refractivity contribution is 6.06. The van der Waals surface area contributed by atoms with Crippen molar-refractivity contribution >= 4 is 11.9 Å². The number of carbonyl (C=O) groups is 2. The van der Waals surface area contributed by atoms with E-state index in [1.807, 2.05) is 0 Å². The molecule has 0 amide bonds. The highest BCUT2D eigenvalue weighted by Crippen LogP contribution is 2.37. The van der Waals surface area contributed by atoms with Gasteiger partial charge in [-0.1, -0.05) is 0 Å². The molecule has 0 aromatic carbocycles. The third-order valence-corrected chi connectivity index (χ3v) is 1.68. The largest absolute Gasteiger partial charge is 0.466 e. The number of halogens is 6. The van der Waals surface area contributed by atoms with Gasteiger partial charge in [0.05, 0.1) is 14.2 Å². The third kappa shape index (κ3) is 2.74. The number of alkyl halides is 4. The second-order valence-corrected chi connectivity index (χ2v) is 2.77. The van der Waals surface area contributed by atoms with Gasteiger partial charge >= 0.3 is 23.8 Å². The number of allylic oxidation sites excluding steroid dienone is 1. The van der Waals surface area contributed by atoms with E-state index in [9.17, 15) is 35.9 Å². The molecule has 10 heteroatoms. The van der Waals surface area contributed by atoms with Crippen molar-refractivity contribution < 1.29 is 45.4 Å². The molecule has 0 fully saturated rings. The van der Waals surface area contributed by atoms with E-state index < -0.39 is 35.4 Å². The Bertz CT molecular complexity index is 370. The average molecular weight is 280 g/mol. The van der Waals surface area contributed by atoms with Gasteiger partial charge in [-0.05, 0) is 0 Å². The second kappa shape index (κ2) is 5.27. The third-order valence-electron chi connectivity index (χ3n) is 1.68. The van der Waals surface area contributed by atoms with E-state index in [0.29, 0.717) is 14.2 Å². The van der Waals surface area contributed by atoms with Gasteiger partial charge in [-0.15, -0.1) is 0 Å². The van der Waals surface area contributed by atoms with Crippen LogP contribution in [0.4, 0.5) is 26.3 Å². The molecular formula is C8H6F6O4. The Labute approximate surface area is 96.1 Å². The van der Waals surface area contributed by atoms with Gasteiger partial charge < -0.3 is 9.47 Å². The summed E-state index contributed by atoms with van der Waals surface area (Å²) in [6.07, 6.45) is -5.91. The first-order valence-corrected chi connectivity index (χ1v) is 4.02. The predicted octanol–water partition coefficient (Wildman–Crippen LogP) is 1.75. The standard InChI is InChI=1S/C8H6F6O4/c1-17-5(15)7(11,6(16)18-2)3(9)4(10)8(12,13)14/h1-2H3. The normalized spacial score (nSPS) is 13.8. The Kier molecular flexibility index (Phi) is 4.76. The van der Waals surface area contributed by atoms with Crippen molar-refractivity contribution in [1.29, 1.82) is 0 Å². The molecule has 0 saturated carbocycles. The summed E-state index contributed by atoms with van der Waals surface area (Å²) in [6.45, 7) is 0. The molecular weight excluding hydrogens is 274 g/mol. The first-order valence-electron chi connectivity index (χ1n) is 4.02. The lowest BCUT2D eigenvalue weighted by atomic mass is 10.0. The van der Waals surface area contributed by atoms with Crippen molar-refractivity contribution in [3.8, 4) is 0 Å². The summed E-state index contributed by atoms with van der Waals surface area (Å²) >= 11 is 0. The lowest BCUT2D eigenvalue weighted by Crippen LogP contribution is -2.46. The number of hydrogen-bond donors (Lipinski definition) is 0. The maximum atomic E-state index is 13.6. The molecule has 0 atom stereocenters. The molecule has 0 unspecified atom stereocenters. The highest BCUT2D eigenvalue weighted by atomic mass is 19.4. The van der Waals surface area contributed by atoms with Gasteiger partial charge in [-0.25, -0.2) is 18.4 Å². The van der Waals surface area contributed by atoms with Crippen molar-refractivity contribution in [2.75, 3.05) is 14.2 Å². The molecule has 0 bridgehead atoms. The fourth-order valence-corrected chi connectivity index (χ4v) is 0.819. The van der Waals surface area contributed by atoms with Crippen LogP contribution in [0.25, 0.3) is 0 Å². The average Bonchev–Trinajstić information content (AvgIpc) is 2.32. The van der Waals surface area contributed by atoms with E-state index in [2.05, 4.69) is 9.47 Å². The molecule has 104 valence electrons. The lowest BCUT2D eigenvalue weighted by molar-refractivity contribution is -0.170. The van der Waals surface area contributed by atoms with Gasteiger partial charge in [0.15, 0.2) is 0 Å². The van der Waals surface area contributed by atoms with Gasteiger partial charge in [0, 0.05) is 0 Å². The zero-order valence-corrected chi connectivity index (χ0v) is 8.90. The molecule has 0 aliphatic heterocycles. The summed E-state index contributed by atoms with van der Waals surface area (Å²) in [5.41, 5.74) is -4.65. The summed E-state index contributed by atoms with van der Waals surface area (Å²) in [6, 6.07) is 0. The zero-order chi connectivity index (χ0) is 14.7. The predicted molar refractivity (Wildman–Crippen MR) is 43.2 cm³/mol. The number of carbonyl (C=O) groups excluding carboxylic acids is 2. The summed E-state index contributed by atoms with van der Waals surface area (Å²) in [5, 5.41) is 0. The van der Waals surface area contributed by atoms with Crippen LogP contribution < -0.4 is 0 Å². The molecule has 0 aliphatic carbocycles. The van der Waals surface area contributed by atoms with Crippen LogP contribution in [-0.4, -0.2) is 38.0 Å². The van der Waals surface area contributed by atoms with Crippen LogP contribution in [0.15, 0.2) is 11.7 Å². The van der Waals surface area contributed by atoms with Gasteiger partial charge in [-0.3, -0.25) is 0 Å². The molecule has 0 aliphatic rings. The second-order valence-electron chi connectivity index (χ2n) is 2.77. The van der Waals surface area contributed by atoms with Crippen LogP contribution in [0, 0.1) is 0 Å². The van der Waals surface area contributed by atoms with Crippen LogP contribution in [0.1, 0.15) is 0 Å². The van der Waals surface area contributed by atoms with E-state index in [4.69, 9.17) is 0 Å². The number of hydrogen-bond acceptors (Lipinski definition) is 4. The quantitative estimate of drug-likeness (QED) is 0.449. The number of rotatable bonds is 3. The van der Waals surface area contributed by atoms with Crippen molar-refractivity contribution in [3.05, 3.63) is 11.7 Å². The summed E-state index contributed by atoms with van der Waals surface area (Å²) < 4.78 is 81.8. The van der Waals surface area contributed by atoms with Crippen LogP contribution in [0.3, 0.4) is 0 Å². The van der Waals surface area contributed by atoms with Gasteiger partial charge in [0.25, 0.3) is 0 Å². The molecule has 0 radical (unpaired) electrons. The molecule has 0 aromatic rings. The maximum absolute atomic E-state index is 13.6. The smallest absolute Gasteiger partial charge is 0.445 e. The minimum Gasteiger partial charge on any atom is -0.466 e. The Morgan fingerprint density at radius 1 is 0.833 bits per heavy atom. The Morgan fingerprint density at radius 3 is 1.39 bits per heavy atom. The van der Waals surface area contributed by atoms with Crippen LogP contribution in [-0.2, 0) is 19.1 Å². The van der Waals surface area contributed by atoms with E-state index in [1.165, 1.54) is 0 Å². The number of esters is 2. The molecule has 18 heavy (non-hydrogen) atoms. The van der Waals surface area contributed by atoms with Crippen LogP contribution in [0.2, 0.25) is 0 Å². The van der Waals surface area contributed by atoms with E-state index in [-0.39, 0.29) is 0 Å². The van der Waals surface area contributed by atoms with Crippen molar-refractivity contribution in [1.82, 2.24) is 0 Å². The van der Waals surface area contributed by atoms with Crippen LogP contribution >= 0.6 is 0 Å². The highest BCUT2D eigenvalue weighted by Gasteiger charge is 2.59. The molecule has 0 rings (SSSR count). The molecule has 0 N–H and O–H groups in total. The van der Waals surface area contributed by atoms with Gasteiger partial charge in [0.2, 0.25) is 11.7 Å². The fraction of sp³-hybridized carbons (Fsp3) is 0.500. The van der Waals surface area contributed by atoms with Gasteiger partial charge in [-0.2, -0.15) is 17.6 Å². The Balaban J connectivity index is 5.92. The first kappa shape index (κ1) is 16.3. The number of ether oxygens (including phenoxy) is 2. The Hall–Kier alpha value is -1.74. The van der Waals surface area contributed by atoms with Crippen LogP contribution in [0.5, 0.6) is 0 Å². The fourth-order valence-electron chi connectivity index (χ4n) is 0.819. The van der Waals surface area contributed by atoms with E-state index in [1.54, 1.807) is 0 Å². The lowest BCUT2D eigenvalue weighted by Gasteiger charge is -2.18. The topological polar surface area (TPSA) is 52.6 Å². The minimum absolute atomic E-state index is 0.457. The first-order chi connectivity index (χ1) is 8.03. The SMILES string of the molecule is COC(=O)C(F)(C(=O)OC)C(F)=C(F)C(F)(F)F. The van der Waals surface area contributed by atoms with Crippen molar-refractivity contribution in [3.63, 3.8) is 0 Å². The zero-order valence-electron chi connectivity index (χ0n) is 8.90. The summed E-state index contributed by atoms with van der Waals surface area (Å²) in [7, 11) is 0.913. The van der Waals surface area contributed by atoms with Crippen molar-refractivity contribution in [2.24, 2.45) is 0 Å². The Morgan fingerprint density at radius 2 is 1.17 bits per heavy atom. The molecule has 0 aromatic heterocycles. The van der Waals surface area contributed by atoms with E-state index in [0.717, 1.165) is 0 Å². The monoisotopic (exact) mass is 280 g/mol. The maximum Gasteiger partial charge on any atom is 0.445 e. The minimum atomic E-state index is -5.91. The molecule has 4 nitrogen and oxygen atoms in total. The van der Waals surface area contributed by atoms with Crippen molar-refractivity contribution in [2.45, 2.75) is 11.8 Å². The molecule has 0 heterocycles.